The minimum atomic E-state index is -1.23. The molecule has 9 rings (SSSR count). The summed E-state index contributed by atoms with van der Waals surface area (Å²) in [6, 6.07) is 36.1. The minimum Gasteiger partial charge on any atom is -0.481 e. The van der Waals surface area contributed by atoms with Gasteiger partial charge in [-0.2, -0.15) is 0 Å². The molecule has 1 saturated carbocycles. The second kappa shape index (κ2) is 20.0. The van der Waals surface area contributed by atoms with Gasteiger partial charge in [0, 0.05) is 42.8 Å². The van der Waals surface area contributed by atoms with E-state index in [1.54, 1.807) is 6.08 Å². The second-order valence-electron chi connectivity index (χ2n) is 16.9. The molecule has 3 aliphatic rings. The summed E-state index contributed by atoms with van der Waals surface area (Å²) in [6.45, 7) is 1.91. The van der Waals surface area contributed by atoms with Crippen molar-refractivity contribution < 1.29 is 24.6 Å². The predicted octanol–water partition coefficient (Wildman–Crippen LogP) is 8.73. The van der Waals surface area contributed by atoms with Crippen LogP contribution in [0.3, 0.4) is 0 Å². The highest BCUT2D eigenvalue weighted by Crippen LogP contribution is 2.52. The maximum absolute atomic E-state index is 14.4. The number of carboxylic acid groups (broad SMARTS) is 2. The zero-order valence-corrected chi connectivity index (χ0v) is 40.0. The van der Waals surface area contributed by atoms with Crippen molar-refractivity contribution in [3.05, 3.63) is 170 Å². The SMILES string of the molecule is CCCN1C(=O)/C(=c2\s/c(=c3/s/c(=C\c4ccc5c(c4)C4CCCC4N5c4ccc(C=C(c5ccccc5)c5ccccc5)cc4)c(=O)n3CC(=O)O)c(=O)n2CCCCCC(=O)O)SC1=S. The lowest BCUT2D eigenvalue weighted by Gasteiger charge is -2.27. The van der Waals surface area contributed by atoms with Crippen LogP contribution in [0.2, 0.25) is 0 Å². The lowest BCUT2D eigenvalue weighted by atomic mass is 9.95. The predicted molar refractivity (Wildman–Crippen MR) is 272 cm³/mol. The number of thiocarbonyl (C=S) groups is 1. The fraction of sp³-hybridized carbons (Fsp3) is 0.269. The Kier molecular flexibility index (Phi) is 13.7. The number of thiazole rings is 2. The van der Waals surface area contributed by atoms with Gasteiger partial charge in [-0.1, -0.05) is 123 Å². The van der Waals surface area contributed by atoms with Crippen LogP contribution in [0, 0.1) is 9.20 Å². The summed E-state index contributed by atoms with van der Waals surface area (Å²) in [5.41, 5.74) is 7.81. The number of fused-ring (bicyclic) bond motifs is 3. The number of nitrogens with zero attached hydrogens (tertiary/aromatic N) is 4. The van der Waals surface area contributed by atoms with Crippen molar-refractivity contribution in [2.75, 3.05) is 11.4 Å². The molecule has 0 spiro atoms. The fourth-order valence-electron chi connectivity index (χ4n) is 9.47. The molecule has 2 N–H and O–H groups in total. The van der Waals surface area contributed by atoms with Crippen molar-refractivity contribution in [3.63, 3.8) is 0 Å². The summed E-state index contributed by atoms with van der Waals surface area (Å²) < 4.78 is 4.04. The second-order valence-corrected chi connectivity index (χ2v) is 20.6. The van der Waals surface area contributed by atoms with Gasteiger partial charge in [0.1, 0.15) is 29.6 Å². The Balaban J connectivity index is 1.10. The van der Waals surface area contributed by atoms with Crippen LogP contribution in [0.25, 0.3) is 22.6 Å². The molecule has 1 amide bonds. The number of aliphatic carboxylic acids is 2. The van der Waals surface area contributed by atoms with Crippen LogP contribution in [0.4, 0.5) is 11.4 Å². The molecule has 2 unspecified atom stereocenters. The van der Waals surface area contributed by atoms with Crippen LogP contribution >= 0.6 is 46.7 Å². The standard InChI is InChI=1S/C52H48N4O7S4/c1-2-26-54-49(63)46(67-52(54)64)50-53(27-11-5-10-19-43(57)58)48(62)45(66-50)51-55(31-44(59)60)47(61)42(65-51)30-33-22-25-41-39(29-33)37-17-12-18-40(37)56(41)36-23-20-32(21-24-36)28-38(34-13-6-3-7-14-34)35-15-8-4-9-16-35/h3-4,6-9,13-16,20-25,28-30,37,40H,2,5,10-12,17-19,26-27,31H2,1H3,(H,57,58)(H,59,60)/b42-30-,50-46+,51-45+. The van der Waals surface area contributed by atoms with Crippen molar-refractivity contribution in [2.45, 2.75) is 83.3 Å². The van der Waals surface area contributed by atoms with Crippen molar-refractivity contribution in [1.82, 2.24) is 14.0 Å². The number of benzene rings is 4. The Bertz CT molecular complexity index is 3240. The molecule has 15 heteroatoms. The molecule has 2 fully saturated rings. The van der Waals surface area contributed by atoms with Gasteiger partial charge in [-0.3, -0.25) is 38.0 Å². The number of rotatable bonds is 15. The molecule has 0 radical (unpaired) electrons. The van der Waals surface area contributed by atoms with Crippen LogP contribution in [-0.2, 0) is 27.5 Å². The Morgan fingerprint density at radius 3 is 2.13 bits per heavy atom. The van der Waals surface area contributed by atoms with Crippen LogP contribution in [0.5, 0.6) is 0 Å². The Hall–Kier alpha value is -6.13. The Morgan fingerprint density at radius 1 is 0.761 bits per heavy atom. The van der Waals surface area contributed by atoms with Crippen LogP contribution < -0.4 is 25.2 Å². The molecular weight excluding hydrogens is 921 g/mol. The largest absolute Gasteiger partial charge is 0.481 e. The number of carboxylic acids is 2. The fourth-order valence-corrected chi connectivity index (χ4v) is 13.3. The minimum absolute atomic E-state index is 0.000506. The molecule has 0 bridgehead atoms. The van der Waals surface area contributed by atoms with Gasteiger partial charge < -0.3 is 15.1 Å². The maximum Gasteiger partial charge on any atom is 0.323 e. The van der Waals surface area contributed by atoms with Gasteiger partial charge in [0.25, 0.3) is 17.0 Å². The third-order valence-corrected chi connectivity index (χ3v) is 16.5. The molecule has 1 aliphatic carbocycles. The highest BCUT2D eigenvalue weighted by molar-refractivity contribution is 8.30. The number of amides is 1. The topological polar surface area (TPSA) is 142 Å². The van der Waals surface area contributed by atoms with Crippen molar-refractivity contribution in [1.29, 1.82) is 0 Å². The first-order valence-electron chi connectivity index (χ1n) is 22.5. The number of anilines is 2. The molecular formula is C52H48N4O7S4. The highest BCUT2D eigenvalue weighted by atomic mass is 32.2. The van der Waals surface area contributed by atoms with E-state index in [-0.39, 0.29) is 38.6 Å². The average molecular weight is 969 g/mol. The van der Waals surface area contributed by atoms with Gasteiger partial charge in [0.05, 0.1) is 4.53 Å². The van der Waals surface area contributed by atoms with E-state index in [4.69, 9.17) is 17.3 Å². The number of aromatic nitrogens is 2. The monoisotopic (exact) mass is 968 g/mol. The van der Waals surface area contributed by atoms with E-state index in [1.807, 2.05) is 25.1 Å². The summed E-state index contributed by atoms with van der Waals surface area (Å²) in [4.78, 5) is 70.0. The molecule has 2 atom stereocenters. The van der Waals surface area contributed by atoms with Gasteiger partial charge >= 0.3 is 11.9 Å². The van der Waals surface area contributed by atoms with Crippen molar-refractivity contribution in [2.24, 2.45) is 0 Å². The lowest BCUT2D eigenvalue weighted by Crippen LogP contribution is -2.32. The molecule has 67 heavy (non-hydrogen) atoms. The number of carbonyl (C=O) groups is 3. The number of hydrogen-bond donors (Lipinski definition) is 2. The van der Waals surface area contributed by atoms with E-state index < -0.39 is 29.6 Å². The molecule has 1 saturated heterocycles. The van der Waals surface area contributed by atoms with E-state index in [1.165, 1.54) is 15.0 Å². The van der Waals surface area contributed by atoms with Crippen LogP contribution in [-0.4, -0.2) is 59.0 Å². The molecule has 342 valence electrons. The first kappa shape index (κ1) is 46.0. The normalized spacial score (nSPS) is 18.1. The van der Waals surface area contributed by atoms with Crippen LogP contribution in [0.15, 0.2) is 113 Å². The Morgan fingerprint density at radius 2 is 1.46 bits per heavy atom. The van der Waals surface area contributed by atoms with Gasteiger partial charge in [-0.25, -0.2) is 0 Å². The van der Waals surface area contributed by atoms with E-state index >= 15 is 0 Å². The molecule has 4 aromatic carbocycles. The number of hydrogen-bond acceptors (Lipinski definition) is 10. The number of thioether (sulfide) groups is 1. The third kappa shape index (κ3) is 9.42. The molecule has 11 nitrogen and oxygen atoms in total. The van der Waals surface area contributed by atoms with E-state index in [0.717, 1.165) is 97.5 Å². The van der Waals surface area contributed by atoms with Crippen LogP contribution in [0.1, 0.15) is 92.0 Å². The number of unbranched alkanes of at least 4 members (excludes halogenated alkanes) is 2. The highest BCUT2D eigenvalue weighted by Gasteiger charge is 2.42. The average Bonchev–Trinajstić information content (AvgIpc) is 4.13. The summed E-state index contributed by atoms with van der Waals surface area (Å²) in [5, 5.41) is 19.1. The molecule has 6 aromatic rings. The molecule has 2 aliphatic heterocycles. The molecule has 4 heterocycles. The maximum atomic E-state index is 14.4. The third-order valence-electron chi connectivity index (χ3n) is 12.5. The summed E-state index contributed by atoms with van der Waals surface area (Å²) in [6.07, 6.45) is 9.33. The zero-order chi connectivity index (χ0) is 46.8. The summed E-state index contributed by atoms with van der Waals surface area (Å²) in [7, 11) is 0. The first-order chi connectivity index (χ1) is 32.5. The van der Waals surface area contributed by atoms with Crippen molar-refractivity contribution in [3.8, 4) is 0 Å². The van der Waals surface area contributed by atoms with E-state index in [2.05, 4.69) is 95.9 Å². The van der Waals surface area contributed by atoms with Gasteiger partial charge in [0.15, 0.2) is 0 Å². The first-order valence-corrected chi connectivity index (χ1v) is 25.4. The van der Waals surface area contributed by atoms with E-state index in [9.17, 15) is 29.1 Å². The van der Waals surface area contributed by atoms with Crippen molar-refractivity contribution >= 4 is 103 Å². The van der Waals surface area contributed by atoms with Gasteiger partial charge in [0.2, 0.25) is 0 Å². The smallest absolute Gasteiger partial charge is 0.323 e. The Labute approximate surface area is 404 Å². The van der Waals surface area contributed by atoms with Gasteiger partial charge in [-0.15, -0.1) is 22.7 Å². The van der Waals surface area contributed by atoms with E-state index in [0.29, 0.717) is 52.0 Å². The lowest BCUT2D eigenvalue weighted by molar-refractivity contribution is -0.138. The summed E-state index contributed by atoms with van der Waals surface area (Å²) in [5.74, 6) is -2.14. The van der Waals surface area contributed by atoms with Gasteiger partial charge in [-0.05, 0) is 102 Å². The number of carbonyl (C=O) groups excluding carboxylic acids is 1. The molecule has 2 aromatic heterocycles. The zero-order valence-electron chi connectivity index (χ0n) is 36.8. The quantitative estimate of drug-likeness (QED) is 0.0583. The summed E-state index contributed by atoms with van der Waals surface area (Å²) >= 11 is 8.79.